The number of rotatable bonds is 15. The molecule has 2 heteroatoms. The topological polar surface area (TPSA) is 37.3 Å². The standard InChI is InChI=1S/C18H38.CH2O2/c1-3-5-7-9-11-13-15-17-18-16-14-12-10-8-6-4-2;2-1-3/h3-18H2,1-2H3;1H,(H,2,3). The van der Waals surface area contributed by atoms with E-state index in [1.807, 2.05) is 0 Å². The SMILES string of the molecule is CCCCCCCCCCCCCCCCCC.O=CO. The minimum absolute atomic E-state index is 0.250. The number of carbonyl (C=O) groups is 1. The largest absolute Gasteiger partial charge is 0.483 e. The van der Waals surface area contributed by atoms with E-state index in [0.717, 1.165) is 0 Å². The van der Waals surface area contributed by atoms with Crippen LogP contribution in [0.15, 0.2) is 0 Å². The zero-order valence-corrected chi connectivity index (χ0v) is 14.7. The molecule has 0 radical (unpaired) electrons. The lowest BCUT2D eigenvalue weighted by molar-refractivity contribution is -0.122. The first kappa shape index (κ1) is 22.7. The Morgan fingerprint density at radius 1 is 0.524 bits per heavy atom. The third kappa shape index (κ3) is 28.4. The molecule has 21 heavy (non-hydrogen) atoms. The van der Waals surface area contributed by atoms with E-state index in [-0.39, 0.29) is 6.47 Å². The van der Waals surface area contributed by atoms with Crippen molar-refractivity contribution in [2.45, 2.75) is 117 Å². The van der Waals surface area contributed by atoms with Gasteiger partial charge in [-0.2, -0.15) is 0 Å². The number of unbranched alkanes of at least 4 members (excludes halogenated alkanes) is 15. The van der Waals surface area contributed by atoms with Crippen LogP contribution in [0.2, 0.25) is 0 Å². The van der Waals surface area contributed by atoms with Gasteiger partial charge in [0.2, 0.25) is 0 Å². The van der Waals surface area contributed by atoms with Crippen LogP contribution >= 0.6 is 0 Å². The molecule has 1 N–H and O–H groups in total. The first-order valence-electron chi connectivity index (χ1n) is 9.41. The second kappa shape index (κ2) is 24.5. The summed E-state index contributed by atoms with van der Waals surface area (Å²) < 4.78 is 0. The van der Waals surface area contributed by atoms with Gasteiger partial charge in [0, 0.05) is 0 Å². The quantitative estimate of drug-likeness (QED) is 0.262. The molecular weight excluding hydrogens is 260 g/mol. The molecule has 0 aromatic heterocycles. The van der Waals surface area contributed by atoms with Gasteiger partial charge in [-0.25, -0.2) is 0 Å². The maximum absolute atomic E-state index is 8.36. The van der Waals surface area contributed by atoms with Gasteiger partial charge in [-0.3, -0.25) is 4.79 Å². The molecule has 0 heterocycles. The second-order valence-corrected chi connectivity index (χ2v) is 6.06. The van der Waals surface area contributed by atoms with Crippen LogP contribution in [-0.2, 0) is 4.79 Å². The predicted molar refractivity (Wildman–Crippen MR) is 93.9 cm³/mol. The van der Waals surface area contributed by atoms with Crippen molar-refractivity contribution in [3.63, 3.8) is 0 Å². The van der Waals surface area contributed by atoms with Gasteiger partial charge in [-0.05, 0) is 0 Å². The fraction of sp³-hybridized carbons (Fsp3) is 0.947. The van der Waals surface area contributed by atoms with Gasteiger partial charge in [-0.1, -0.05) is 117 Å². The van der Waals surface area contributed by atoms with Gasteiger partial charge in [0.25, 0.3) is 6.47 Å². The average Bonchev–Trinajstić information content (AvgIpc) is 2.48. The summed E-state index contributed by atoms with van der Waals surface area (Å²) in [5, 5.41) is 6.89. The molecule has 0 aliphatic rings. The summed E-state index contributed by atoms with van der Waals surface area (Å²) in [6.07, 6.45) is 23.4. The van der Waals surface area contributed by atoms with E-state index in [4.69, 9.17) is 9.90 Å². The van der Waals surface area contributed by atoms with Crippen LogP contribution in [0.25, 0.3) is 0 Å². The summed E-state index contributed by atoms with van der Waals surface area (Å²) in [6.45, 7) is 4.34. The molecule has 0 atom stereocenters. The summed E-state index contributed by atoms with van der Waals surface area (Å²) in [6, 6.07) is 0. The van der Waals surface area contributed by atoms with E-state index in [1.54, 1.807) is 0 Å². The number of carboxylic acid groups (broad SMARTS) is 1. The molecule has 0 saturated carbocycles. The highest BCUT2D eigenvalue weighted by atomic mass is 16.3. The van der Waals surface area contributed by atoms with Crippen molar-refractivity contribution in [3.05, 3.63) is 0 Å². The Labute approximate surface area is 133 Å². The molecule has 128 valence electrons. The van der Waals surface area contributed by atoms with Crippen LogP contribution in [0, 0.1) is 0 Å². The fourth-order valence-electron chi connectivity index (χ4n) is 2.62. The van der Waals surface area contributed by atoms with Gasteiger partial charge in [0.15, 0.2) is 0 Å². The summed E-state index contributed by atoms with van der Waals surface area (Å²) in [7, 11) is 0. The number of hydrogen-bond acceptors (Lipinski definition) is 1. The summed E-state index contributed by atoms with van der Waals surface area (Å²) >= 11 is 0. The van der Waals surface area contributed by atoms with Crippen LogP contribution in [0.5, 0.6) is 0 Å². The fourth-order valence-corrected chi connectivity index (χ4v) is 2.62. The summed E-state index contributed by atoms with van der Waals surface area (Å²) in [5.74, 6) is 0. The third-order valence-electron chi connectivity index (χ3n) is 3.96. The van der Waals surface area contributed by atoms with Crippen LogP contribution in [0.3, 0.4) is 0 Å². The van der Waals surface area contributed by atoms with Crippen molar-refractivity contribution >= 4 is 6.47 Å². The van der Waals surface area contributed by atoms with E-state index >= 15 is 0 Å². The highest BCUT2D eigenvalue weighted by Gasteiger charge is 1.93. The Kier molecular flexibility index (Phi) is 26.5. The van der Waals surface area contributed by atoms with Crippen molar-refractivity contribution in [2.24, 2.45) is 0 Å². The van der Waals surface area contributed by atoms with Crippen molar-refractivity contribution in [1.82, 2.24) is 0 Å². The lowest BCUT2D eigenvalue weighted by Crippen LogP contribution is -1.83. The Morgan fingerprint density at radius 2 is 0.667 bits per heavy atom. The highest BCUT2D eigenvalue weighted by Crippen LogP contribution is 2.13. The number of hydrogen-bond donors (Lipinski definition) is 1. The lowest BCUT2D eigenvalue weighted by Gasteiger charge is -2.03. The zero-order valence-electron chi connectivity index (χ0n) is 14.7. The third-order valence-corrected chi connectivity index (χ3v) is 3.96. The minimum Gasteiger partial charge on any atom is -0.483 e. The maximum Gasteiger partial charge on any atom is 0.290 e. The Balaban J connectivity index is 0. The Hall–Kier alpha value is -0.530. The molecule has 0 amide bonds. The average molecular weight is 301 g/mol. The first-order valence-corrected chi connectivity index (χ1v) is 9.41. The van der Waals surface area contributed by atoms with E-state index in [9.17, 15) is 0 Å². The highest BCUT2D eigenvalue weighted by molar-refractivity contribution is 5.32. The first-order chi connectivity index (χ1) is 10.3. The van der Waals surface area contributed by atoms with Crippen LogP contribution in [-0.4, -0.2) is 11.6 Å². The van der Waals surface area contributed by atoms with Crippen LogP contribution in [0.1, 0.15) is 117 Å². The van der Waals surface area contributed by atoms with Gasteiger partial charge < -0.3 is 5.11 Å². The monoisotopic (exact) mass is 300 g/mol. The minimum atomic E-state index is -0.250. The zero-order chi connectivity index (χ0) is 16.0. The van der Waals surface area contributed by atoms with Gasteiger partial charge in [-0.15, -0.1) is 0 Å². The molecule has 0 unspecified atom stereocenters. The molecule has 0 aliphatic heterocycles. The van der Waals surface area contributed by atoms with Gasteiger partial charge in [0.05, 0.1) is 0 Å². The van der Waals surface area contributed by atoms with Crippen molar-refractivity contribution in [2.75, 3.05) is 0 Å². The van der Waals surface area contributed by atoms with Crippen molar-refractivity contribution in [1.29, 1.82) is 0 Å². The Bertz CT molecular complexity index is 153. The van der Waals surface area contributed by atoms with E-state index in [1.165, 1.54) is 103 Å². The van der Waals surface area contributed by atoms with E-state index in [0.29, 0.717) is 0 Å². The van der Waals surface area contributed by atoms with E-state index < -0.39 is 0 Å². The smallest absolute Gasteiger partial charge is 0.290 e. The molecule has 0 saturated heterocycles. The van der Waals surface area contributed by atoms with Crippen molar-refractivity contribution in [3.8, 4) is 0 Å². The lowest BCUT2D eigenvalue weighted by atomic mass is 10.0. The Morgan fingerprint density at radius 3 is 0.810 bits per heavy atom. The molecule has 0 aromatic carbocycles. The van der Waals surface area contributed by atoms with Gasteiger partial charge >= 0.3 is 0 Å². The molecule has 0 fully saturated rings. The molecule has 0 aliphatic carbocycles. The van der Waals surface area contributed by atoms with Gasteiger partial charge in [0.1, 0.15) is 0 Å². The summed E-state index contributed by atoms with van der Waals surface area (Å²) in [5.41, 5.74) is 0. The van der Waals surface area contributed by atoms with Crippen LogP contribution in [0.4, 0.5) is 0 Å². The molecule has 0 aromatic rings. The summed E-state index contributed by atoms with van der Waals surface area (Å²) in [4.78, 5) is 8.36. The molecule has 0 spiro atoms. The predicted octanol–water partition coefficient (Wildman–Crippen LogP) is 6.97. The van der Waals surface area contributed by atoms with Crippen LogP contribution < -0.4 is 0 Å². The van der Waals surface area contributed by atoms with E-state index in [2.05, 4.69) is 13.8 Å². The second-order valence-electron chi connectivity index (χ2n) is 6.06. The molecule has 0 rings (SSSR count). The normalized spacial score (nSPS) is 10.0. The van der Waals surface area contributed by atoms with Crippen molar-refractivity contribution < 1.29 is 9.90 Å². The molecule has 2 nitrogen and oxygen atoms in total. The molecule has 0 bridgehead atoms. The maximum atomic E-state index is 8.36. The molecular formula is C19H40O2.